The molecule has 180 valence electrons. The Morgan fingerprint density at radius 3 is 2.66 bits per heavy atom. The Morgan fingerprint density at radius 1 is 1.14 bits per heavy atom. The molecule has 0 aliphatic rings. The summed E-state index contributed by atoms with van der Waals surface area (Å²) < 4.78 is 36.9. The molecule has 2 heterocycles. The molecule has 0 bridgehead atoms. The number of carbonyl (C=O) groups is 1. The van der Waals surface area contributed by atoms with Crippen LogP contribution in [0.3, 0.4) is 0 Å². The Balaban J connectivity index is 1.60. The first-order valence-electron chi connectivity index (χ1n) is 10.8. The first-order chi connectivity index (χ1) is 16.7. The van der Waals surface area contributed by atoms with E-state index in [2.05, 4.69) is 10.3 Å². The van der Waals surface area contributed by atoms with Gasteiger partial charge >= 0.3 is 0 Å². The summed E-state index contributed by atoms with van der Waals surface area (Å²) in [5, 5.41) is 2.68. The standard InChI is InChI=1S/C25H23N3O6S/c1-3-35(31,32)20-10-11-22(21(15-20)27-24(29)12-9-18-7-5-4-6-8-18)33-16-19-14-25(30)28-23(26-19)13-17(2)34-28/h4-15H,3,16H2,1-2H3,(H,27,29). The fourth-order valence-electron chi connectivity index (χ4n) is 3.30. The first kappa shape index (κ1) is 24.0. The van der Waals surface area contributed by atoms with Crippen LogP contribution in [-0.2, 0) is 21.2 Å². The molecule has 0 fully saturated rings. The SMILES string of the molecule is CCS(=O)(=O)c1ccc(OCc2cc(=O)n3oc(C)cc3n2)c(NC(=O)C=Cc2ccccc2)c1. The van der Waals surface area contributed by atoms with Crippen LogP contribution >= 0.6 is 0 Å². The lowest BCUT2D eigenvalue weighted by Crippen LogP contribution is -2.15. The highest BCUT2D eigenvalue weighted by atomic mass is 32.2. The molecule has 9 nitrogen and oxygen atoms in total. The lowest BCUT2D eigenvalue weighted by Gasteiger charge is -2.13. The summed E-state index contributed by atoms with van der Waals surface area (Å²) in [6.45, 7) is 3.16. The van der Waals surface area contributed by atoms with Gasteiger partial charge in [-0.05, 0) is 36.8 Å². The van der Waals surface area contributed by atoms with Gasteiger partial charge in [-0.15, -0.1) is 4.57 Å². The van der Waals surface area contributed by atoms with Gasteiger partial charge < -0.3 is 14.6 Å². The molecule has 4 rings (SSSR count). The Hall–Kier alpha value is -4.18. The minimum absolute atomic E-state index is 0.0568. The molecule has 0 saturated heterocycles. The third kappa shape index (κ3) is 5.67. The van der Waals surface area contributed by atoms with Crippen molar-refractivity contribution < 1.29 is 22.5 Å². The van der Waals surface area contributed by atoms with E-state index in [9.17, 15) is 18.0 Å². The number of hydrogen-bond donors (Lipinski definition) is 1. The Morgan fingerprint density at radius 2 is 1.91 bits per heavy atom. The summed E-state index contributed by atoms with van der Waals surface area (Å²) >= 11 is 0. The number of hydrogen-bond acceptors (Lipinski definition) is 7. The van der Waals surface area contributed by atoms with Crippen LogP contribution in [0.15, 0.2) is 81.0 Å². The van der Waals surface area contributed by atoms with Crippen molar-refractivity contribution in [2.45, 2.75) is 25.3 Å². The number of sulfone groups is 1. The molecule has 0 radical (unpaired) electrons. The Labute approximate surface area is 201 Å². The van der Waals surface area contributed by atoms with E-state index in [0.717, 1.165) is 10.1 Å². The summed E-state index contributed by atoms with van der Waals surface area (Å²) in [6.07, 6.45) is 2.99. The zero-order valence-electron chi connectivity index (χ0n) is 19.1. The number of nitrogens with one attached hydrogen (secondary N) is 1. The van der Waals surface area contributed by atoms with Crippen LogP contribution in [0.1, 0.15) is 23.9 Å². The van der Waals surface area contributed by atoms with Gasteiger partial charge in [0.25, 0.3) is 5.56 Å². The predicted molar refractivity (Wildman–Crippen MR) is 131 cm³/mol. The molecule has 0 aliphatic carbocycles. The molecule has 0 aliphatic heterocycles. The summed E-state index contributed by atoms with van der Waals surface area (Å²) in [5.74, 6) is 0.212. The van der Waals surface area contributed by atoms with Crippen LogP contribution in [0.4, 0.5) is 5.69 Å². The molecule has 4 aromatic rings. The maximum Gasteiger partial charge on any atom is 0.287 e. The van der Waals surface area contributed by atoms with Crippen molar-refractivity contribution in [3.8, 4) is 5.75 Å². The molecule has 1 N–H and O–H groups in total. The van der Waals surface area contributed by atoms with Crippen LogP contribution in [0.25, 0.3) is 11.7 Å². The number of aryl methyl sites for hydroxylation is 1. The van der Waals surface area contributed by atoms with Gasteiger partial charge in [0, 0.05) is 18.2 Å². The number of benzene rings is 2. The third-order valence-electron chi connectivity index (χ3n) is 5.07. The average Bonchev–Trinajstić information content (AvgIpc) is 3.23. The van der Waals surface area contributed by atoms with Crippen molar-refractivity contribution in [3.05, 3.63) is 94.1 Å². The predicted octanol–water partition coefficient (Wildman–Crippen LogP) is 3.62. The lowest BCUT2D eigenvalue weighted by atomic mass is 10.2. The zero-order chi connectivity index (χ0) is 25.0. The number of anilines is 1. The first-order valence-corrected chi connectivity index (χ1v) is 12.4. The molecule has 0 unspecified atom stereocenters. The molecule has 0 spiro atoms. The van der Waals surface area contributed by atoms with E-state index in [0.29, 0.717) is 17.1 Å². The van der Waals surface area contributed by atoms with Crippen molar-refractivity contribution in [3.63, 3.8) is 0 Å². The zero-order valence-corrected chi connectivity index (χ0v) is 19.9. The summed E-state index contributed by atoms with van der Waals surface area (Å²) in [4.78, 5) is 29.2. The highest BCUT2D eigenvalue weighted by molar-refractivity contribution is 7.91. The average molecular weight is 494 g/mol. The van der Waals surface area contributed by atoms with Crippen molar-refractivity contribution in [2.24, 2.45) is 0 Å². The second kappa shape index (κ2) is 9.98. The topological polar surface area (TPSA) is 120 Å². The summed E-state index contributed by atoms with van der Waals surface area (Å²) in [5.41, 5.74) is 1.31. The van der Waals surface area contributed by atoms with Gasteiger partial charge in [-0.3, -0.25) is 9.59 Å². The number of carbonyl (C=O) groups excluding carboxylic acids is 1. The minimum Gasteiger partial charge on any atom is -0.485 e. The molecule has 2 aromatic heterocycles. The van der Waals surface area contributed by atoms with Gasteiger partial charge in [0.1, 0.15) is 18.1 Å². The maximum atomic E-state index is 12.6. The molecule has 35 heavy (non-hydrogen) atoms. The van der Waals surface area contributed by atoms with Crippen LogP contribution in [0, 0.1) is 6.92 Å². The van der Waals surface area contributed by atoms with Crippen LogP contribution in [0.5, 0.6) is 5.75 Å². The number of rotatable bonds is 8. The molecule has 0 atom stereocenters. The van der Waals surface area contributed by atoms with E-state index < -0.39 is 21.3 Å². The molecule has 1 amide bonds. The van der Waals surface area contributed by atoms with Crippen molar-refractivity contribution in [1.29, 1.82) is 0 Å². The van der Waals surface area contributed by atoms with Gasteiger partial charge in [-0.2, -0.15) is 0 Å². The Bertz CT molecular complexity index is 1570. The van der Waals surface area contributed by atoms with Crippen molar-refractivity contribution >= 4 is 33.2 Å². The normalized spacial score (nSPS) is 11.7. The molecular formula is C25H23N3O6S. The summed E-state index contributed by atoms with van der Waals surface area (Å²) in [6, 6.07) is 16.4. The van der Waals surface area contributed by atoms with Gasteiger partial charge in [0.15, 0.2) is 15.5 Å². The highest BCUT2D eigenvalue weighted by Crippen LogP contribution is 2.29. The van der Waals surface area contributed by atoms with E-state index in [1.807, 2.05) is 30.3 Å². The van der Waals surface area contributed by atoms with Crippen molar-refractivity contribution in [2.75, 3.05) is 11.1 Å². The second-order valence-corrected chi connectivity index (χ2v) is 9.95. The van der Waals surface area contributed by atoms with Gasteiger partial charge in [-0.25, -0.2) is 13.4 Å². The van der Waals surface area contributed by atoms with Crippen LogP contribution < -0.4 is 15.6 Å². The number of amides is 1. The molecule has 0 saturated carbocycles. The lowest BCUT2D eigenvalue weighted by molar-refractivity contribution is -0.111. The fourth-order valence-corrected chi connectivity index (χ4v) is 4.21. The van der Waals surface area contributed by atoms with Gasteiger partial charge in [-0.1, -0.05) is 37.3 Å². The smallest absolute Gasteiger partial charge is 0.287 e. The van der Waals surface area contributed by atoms with E-state index >= 15 is 0 Å². The van der Waals surface area contributed by atoms with E-state index in [-0.39, 0.29) is 28.7 Å². The second-order valence-electron chi connectivity index (χ2n) is 7.67. The van der Waals surface area contributed by atoms with E-state index in [1.54, 1.807) is 26.0 Å². The largest absolute Gasteiger partial charge is 0.485 e. The molecule has 2 aromatic carbocycles. The number of ether oxygens (including phenoxy) is 1. The van der Waals surface area contributed by atoms with Crippen LogP contribution in [0.2, 0.25) is 0 Å². The van der Waals surface area contributed by atoms with E-state index in [4.69, 9.17) is 9.26 Å². The fraction of sp³-hybridized carbons (Fsp3) is 0.160. The Kier molecular flexibility index (Phi) is 6.83. The monoisotopic (exact) mass is 493 g/mol. The minimum atomic E-state index is -3.51. The van der Waals surface area contributed by atoms with Gasteiger partial charge in [0.05, 0.1) is 22.0 Å². The van der Waals surface area contributed by atoms with Crippen molar-refractivity contribution in [1.82, 2.24) is 9.56 Å². The third-order valence-corrected chi connectivity index (χ3v) is 6.81. The number of nitrogens with zero attached hydrogens (tertiary/aromatic N) is 2. The number of aromatic nitrogens is 2. The molecular weight excluding hydrogens is 470 g/mol. The number of fused-ring (bicyclic) bond motifs is 1. The molecule has 10 heteroatoms. The quantitative estimate of drug-likeness (QED) is 0.372. The maximum absolute atomic E-state index is 12.6. The highest BCUT2D eigenvalue weighted by Gasteiger charge is 2.16. The van der Waals surface area contributed by atoms with Gasteiger partial charge in [0.2, 0.25) is 5.91 Å². The summed E-state index contributed by atoms with van der Waals surface area (Å²) in [7, 11) is -3.51. The van der Waals surface area contributed by atoms with Crippen LogP contribution in [-0.4, -0.2) is 29.6 Å². The van der Waals surface area contributed by atoms with E-state index in [1.165, 1.54) is 30.3 Å².